The van der Waals surface area contributed by atoms with Gasteiger partial charge < -0.3 is 11.1 Å². The van der Waals surface area contributed by atoms with E-state index in [1.165, 1.54) is 30.0 Å². The number of nitrogens with zero attached hydrogens (tertiary/aromatic N) is 3. The highest BCUT2D eigenvalue weighted by Gasteiger charge is 2.17. The van der Waals surface area contributed by atoms with Crippen LogP contribution in [0.4, 0.5) is 10.1 Å². The van der Waals surface area contributed by atoms with Crippen molar-refractivity contribution in [2.24, 2.45) is 10.7 Å². The molecule has 0 amide bonds. The number of nitrogens with one attached hydrogen (secondary N) is 3. The molecule has 0 aliphatic carbocycles. The van der Waals surface area contributed by atoms with E-state index in [0.717, 1.165) is 0 Å². The Balaban J connectivity index is 2.03. The van der Waals surface area contributed by atoms with Crippen molar-refractivity contribution in [3.8, 4) is 0 Å². The number of hydrogen-bond donors (Lipinski definition) is 5. The summed E-state index contributed by atoms with van der Waals surface area (Å²) >= 11 is 4.40. The van der Waals surface area contributed by atoms with Crippen LogP contribution in [-0.4, -0.2) is 38.7 Å². The van der Waals surface area contributed by atoms with Gasteiger partial charge in [-0.3, -0.25) is 16.1 Å². The van der Waals surface area contributed by atoms with E-state index in [2.05, 4.69) is 31.2 Å². The predicted octanol–water partition coefficient (Wildman–Crippen LogP) is 3.25. The molecule has 27 heavy (non-hydrogen) atoms. The largest absolute Gasteiger partial charge is 0.387 e. The zero-order valence-electron chi connectivity index (χ0n) is 14.0. The molecule has 9 nitrogen and oxygen atoms in total. The molecule has 1 aromatic carbocycles. The molecule has 2 rings (SSSR count). The number of halogens is 2. The van der Waals surface area contributed by atoms with Crippen LogP contribution in [-0.2, 0) is 0 Å². The van der Waals surface area contributed by atoms with E-state index < -0.39 is 5.82 Å². The molecule has 1 heterocycles. The summed E-state index contributed by atoms with van der Waals surface area (Å²) in [5.74, 6) is 0.157. The van der Waals surface area contributed by atoms with Gasteiger partial charge in [0, 0.05) is 17.9 Å². The first-order valence-corrected chi connectivity index (χ1v) is 9.47. The summed E-state index contributed by atoms with van der Waals surface area (Å²) in [4.78, 5) is 4.18. The van der Waals surface area contributed by atoms with Crippen molar-refractivity contribution in [1.29, 1.82) is 10.8 Å². The molecular weight excluding hydrogens is 441 g/mol. The van der Waals surface area contributed by atoms with Crippen molar-refractivity contribution in [2.75, 3.05) is 5.75 Å². The summed E-state index contributed by atoms with van der Waals surface area (Å²) in [7, 11) is 0. The Bertz CT molecular complexity index is 858. The first-order chi connectivity index (χ1) is 12.9. The molecule has 0 fully saturated rings. The van der Waals surface area contributed by atoms with Crippen molar-refractivity contribution in [3.05, 3.63) is 34.2 Å². The minimum Gasteiger partial charge on any atom is -0.387 e. The monoisotopic (exact) mass is 457 g/mol. The summed E-state index contributed by atoms with van der Waals surface area (Å²) < 4.78 is 18.3. The lowest BCUT2D eigenvalue weighted by Crippen LogP contribution is -2.21. The second kappa shape index (κ2) is 10.1. The molecule has 0 spiro atoms. The van der Waals surface area contributed by atoms with Crippen LogP contribution in [0.15, 0.2) is 37.3 Å². The van der Waals surface area contributed by atoms with Gasteiger partial charge in [0.25, 0.3) is 0 Å². The maximum Gasteiger partial charge on any atom is 0.186 e. The van der Waals surface area contributed by atoms with E-state index in [-0.39, 0.29) is 28.3 Å². The zero-order chi connectivity index (χ0) is 19.8. The Morgan fingerprint density at radius 3 is 2.85 bits per heavy atom. The lowest BCUT2D eigenvalue weighted by Gasteiger charge is -2.04. The van der Waals surface area contributed by atoms with Crippen molar-refractivity contribution >= 4 is 50.8 Å². The molecule has 0 aliphatic rings. The number of amidine groups is 2. The molecule has 0 bridgehead atoms. The highest BCUT2D eigenvalue weighted by molar-refractivity contribution is 9.10. The van der Waals surface area contributed by atoms with E-state index in [9.17, 15) is 9.60 Å². The van der Waals surface area contributed by atoms with E-state index in [1.807, 2.05) is 5.48 Å². The van der Waals surface area contributed by atoms with Crippen molar-refractivity contribution in [1.82, 2.24) is 15.8 Å². The van der Waals surface area contributed by atoms with Crippen molar-refractivity contribution in [3.63, 3.8) is 0 Å². The van der Waals surface area contributed by atoms with Gasteiger partial charge in [-0.2, -0.15) is 0 Å². The third-order valence-corrected chi connectivity index (χ3v) is 4.84. The Morgan fingerprint density at radius 2 is 2.19 bits per heavy atom. The van der Waals surface area contributed by atoms with Crippen molar-refractivity contribution < 1.29 is 14.2 Å². The minimum atomic E-state index is -0.429. The molecular formula is C15H17BrFN7O2S. The SMILES string of the molecule is N=C(N)CC(=N)CCCSc1nonc1C(=Nc1ccc(F)c(Br)c1)NO. The molecule has 0 radical (unpaired) electrons. The molecule has 0 saturated heterocycles. The zero-order valence-corrected chi connectivity index (χ0v) is 16.4. The summed E-state index contributed by atoms with van der Waals surface area (Å²) in [6.45, 7) is 0. The van der Waals surface area contributed by atoms with E-state index in [4.69, 9.17) is 21.2 Å². The van der Waals surface area contributed by atoms with E-state index >= 15 is 0 Å². The number of hydroxylamine groups is 1. The molecule has 6 N–H and O–H groups in total. The smallest absolute Gasteiger partial charge is 0.186 e. The number of benzene rings is 1. The van der Waals surface area contributed by atoms with Gasteiger partial charge in [-0.05, 0) is 57.3 Å². The number of aliphatic imine (C=N–C) groups is 1. The lowest BCUT2D eigenvalue weighted by atomic mass is 10.1. The Labute approximate surface area is 166 Å². The van der Waals surface area contributed by atoms with Gasteiger partial charge in [-0.25, -0.2) is 14.0 Å². The summed E-state index contributed by atoms with van der Waals surface area (Å²) in [5.41, 5.74) is 8.20. The summed E-state index contributed by atoms with van der Waals surface area (Å²) in [6, 6.07) is 4.14. The third-order valence-electron chi connectivity index (χ3n) is 3.20. The molecule has 2 aromatic rings. The Kier molecular flexibility index (Phi) is 7.88. The number of nitrogens with two attached hydrogens (primary N) is 1. The number of hydrogen-bond acceptors (Lipinski definition) is 8. The minimum absolute atomic E-state index is 0.00146. The molecule has 1 aromatic heterocycles. The topological polar surface area (TPSA) is 157 Å². The summed E-state index contributed by atoms with van der Waals surface area (Å²) in [5, 5.41) is 32.2. The standard InChI is InChI=1S/C15H17BrFN7O2S/c16-10-7-9(3-4-11(10)17)21-14(22-25)13-15(24-26-23-13)27-5-1-2-8(18)6-12(19)20/h3-4,7,18,25H,1-2,5-6H2,(H3,19,20)(H,21,22). The molecule has 0 atom stereocenters. The van der Waals surface area contributed by atoms with Gasteiger partial charge in [-0.15, -0.1) is 11.8 Å². The fourth-order valence-corrected chi connectivity index (χ4v) is 3.21. The number of thioether (sulfide) groups is 1. The quantitative estimate of drug-likeness (QED) is 0.127. The van der Waals surface area contributed by atoms with Crippen LogP contribution in [0.3, 0.4) is 0 Å². The van der Waals surface area contributed by atoms with E-state index in [0.29, 0.717) is 35.0 Å². The van der Waals surface area contributed by atoms with Gasteiger partial charge in [0.15, 0.2) is 16.6 Å². The van der Waals surface area contributed by atoms with Crippen LogP contribution in [0, 0.1) is 16.6 Å². The van der Waals surface area contributed by atoms with Crippen LogP contribution >= 0.6 is 27.7 Å². The lowest BCUT2D eigenvalue weighted by molar-refractivity contribution is 0.234. The number of aromatic nitrogens is 2. The Morgan fingerprint density at radius 1 is 1.41 bits per heavy atom. The average Bonchev–Trinajstić information content (AvgIpc) is 3.07. The third kappa shape index (κ3) is 6.41. The first kappa shape index (κ1) is 21.0. The highest BCUT2D eigenvalue weighted by atomic mass is 79.9. The van der Waals surface area contributed by atoms with Crippen molar-refractivity contribution in [2.45, 2.75) is 24.3 Å². The highest BCUT2D eigenvalue weighted by Crippen LogP contribution is 2.25. The van der Waals surface area contributed by atoms with Crippen LogP contribution in [0.2, 0.25) is 0 Å². The maximum atomic E-state index is 13.3. The predicted molar refractivity (Wildman–Crippen MR) is 104 cm³/mol. The van der Waals surface area contributed by atoms with Gasteiger partial charge in [0.05, 0.1) is 16.0 Å². The van der Waals surface area contributed by atoms with Crippen LogP contribution in [0.25, 0.3) is 0 Å². The molecule has 0 unspecified atom stereocenters. The van der Waals surface area contributed by atoms with Gasteiger partial charge in [-0.1, -0.05) is 0 Å². The van der Waals surface area contributed by atoms with Gasteiger partial charge in [0.1, 0.15) is 5.82 Å². The van der Waals surface area contributed by atoms with Crippen LogP contribution in [0.1, 0.15) is 25.0 Å². The fraction of sp³-hybridized carbons (Fsp3) is 0.267. The van der Waals surface area contributed by atoms with Crippen LogP contribution in [0.5, 0.6) is 0 Å². The van der Waals surface area contributed by atoms with Crippen LogP contribution < -0.4 is 11.2 Å². The van der Waals surface area contributed by atoms with Gasteiger partial charge >= 0.3 is 0 Å². The second-order valence-corrected chi connectivity index (χ2v) is 7.28. The molecule has 0 aliphatic heterocycles. The fourth-order valence-electron chi connectivity index (χ4n) is 2.01. The average molecular weight is 458 g/mol. The Hall–Kier alpha value is -2.31. The second-order valence-electron chi connectivity index (χ2n) is 5.35. The molecule has 12 heteroatoms. The first-order valence-electron chi connectivity index (χ1n) is 7.69. The number of rotatable bonds is 9. The summed E-state index contributed by atoms with van der Waals surface area (Å²) in [6.07, 6.45) is 1.35. The van der Waals surface area contributed by atoms with E-state index in [1.54, 1.807) is 0 Å². The maximum absolute atomic E-state index is 13.3. The molecule has 144 valence electrons. The molecule has 0 saturated carbocycles. The normalized spacial score (nSPS) is 11.4. The van der Waals surface area contributed by atoms with Gasteiger partial charge in [0.2, 0.25) is 0 Å².